The molecular formula is C31H48N6O2. The minimum absolute atomic E-state index is 0.124. The molecule has 214 valence electrons. The summed E-state index contributed by atoms with van der Waals surface area (Å²) in [5.74, 6) is 2.08. The van der Waals surface area contributed by atoms with Crippen LogP contribution in [0.1, 0.15) is 119 Å². The SMILES string of the molecule is CCCCc1nc2c(n1CCNC(=O)c1cc(C(C)(C)C)c(O)c(C(C)(C)C)c1)C1NCCCC1NC2=NC. The lowest BCUT2D eigenvalue weighted by atomic mass is 9.78. The zero-order chi connectivity index (χ0) is 28.5. The van der Waals surface area contributed by atoms with Crippen molar-refractivity contribution in [1.29, 1.82) is 0 Å². The van der Waals surface area contributed by atoms with Gasteiger partial charge < -0.3 is 25.6 Å². The number of fused-ring (bicyclic) bond motifs is 3. The summed E-state index contributed by atoms with van der Waals surface area (Å²) in [6.07, 6.45) is 5.28. The van der Waals surface area contributed by atoms with Crippen LogP contribution in [0.15, 0.2) is 17.1 Å². The Labute approximate surface area is 234 Å². The summed E-state index contributed by atoms with van der Waals surface area (Å²) < 4.78 is 2.32. The molecule has 8 heteroatoms. The van der Waals surface area contributed by atoms with Gasteiger partial charge in [0.05, 0.1) is 11.7 Å². The number of piperidine rings is 1. The molecule has 2 unspecified atom stereocenters. The van der Waals surface area contributed by atoms with E-state index in [2.05, 4.69) is 74.0 Å². The Morgan fingerprint density at radius 1 is 1.18 bits per heavy atom. The number of phenolic OH excluding ortho intramolecular Hbond substituents is 1. The van der Waals surface area contributed by atoms with Gasteiger partial charge in [0, 0.05) is 49.3 Å². The molecule has 0 aliphatic carbocycles. The van der Waals surface area contributed by atoms with Gasteiger partial charge in [-0.15, -0.1) is 0 Å². The van der Waals surface area contributed by atoms with Crippen molar-refractivity contribution in [3.63, 3.8) is 0 Å². The van der Waals surface area contributed by atoms with E-state index in [9.17, 15) is 9.90 Å². The van der Waals surface area contributed by atoms with Crippen molar-refractivity contribution in [2.75, 3.05) is 20.1 Å². The highest BCUT2D eigenvalue weighted by Crippen LogP contribution is 2.40. The summed E-state index contributed by atoms with van der Waals surface area (Å²) in [4.78, 5) is 23.1. The number of imidazole rings is 1. The molecule has 1 amide bonds. The minimum atomic E-state index is -0.291. The van der Waals surface area contributed by atoms with Crippen molar-refractivity contribution in [3.8, 4) is 5.75 Å². The van der Waals surface area contributed by atoms with E-state index in [4.69, 9.17) is 4.98 Å². The van der Waals surface area contributed by atoms with Crippen molar-refractivity contribution >= 4 is 11.7 Å². The van der Waals surface area contributed by atoms with E-state index in [-0.39, 0.29) is 34.6 Å². The van der Waals surface area contributed by atoms with Crippen LogP contribution in [-0.4, -0.2) is 52.6 Å². The second-order valence-corrected chi connectivity index (χ2v) is 13.1. The number of nitrogens with one attached hydrogen (secondary N) is 3. The van der Waals surface area contributed by atoms with Crippen LogP contribution in [0.5, 0.6) is 5.75 Å². The Bertz CT molecular complexity index is 1200. The second-order valence-electron chi connectivity index (χ2n) is 13.1. The molecule has 2 aromatic rings. The zero-order valence-corrected chi connectivity index (χ0v) is 25.2. The average Bonchev–Trinajstić information content (AvgIpc) is 3.24. The fraction of sp³-hybridized carbons (Fsp3) is 0.645. The summed E-state index contributed by atoms with van der Waals surface area (Å²) >= 11 is 0. The molecule has 0 saturated carbocycles. The first-order chi connectivity index (χ1) is 18.4. The van der Waals surface area contributed by atoms with Crippen LogP contribution in [0.3, 0.4) is 0 Å². The molecule has 2 aliphatic rings. The lowest BCUT2D eigenvalue weighted by molar-refractivity contribution is 0.0951. The van der Waals surface area contributed by atoms with E-state index in [0.717, 1.165) is 67.1 Å². The van der Waals surface area contributed by atoms with Gasteiger partial charge in [-0.3, -0.25) is 9.79 Å². The Balaban J connectivity index is 1.62. The first-order valence-electron chi connectivity index (χ1n) is 14.6. The van der Waals surface area contributed by atoms with Crippen molar-refractivity contribution in [1.82, 2.24) is 25.5 Å². The lowest BCUT2D eigenvalue weighted by Crippen LogP contribution is -2.53. The number of phenols is 1. The maximum absolute atomic E-state index is 13.5. The van der Waals surface area contributed by atoms with Gasteiger partial charge in [0.2, 0.25) is 0 Å². The number of rotatable bonds is 7. The van der Waals surface area contributed by atoms with E-state index < -0.39 is 0 Å². The van der Waals surface area contributed by atoms with E-state index in [1.165, 1.54) is 5.69 Å². The molecule has 1 saturated heterocycles. The van der Waals surface area contributed by atoms with Crippen LogP contribution in [0.25, 0.3) is 0 Å². The molecule has 1 fully saturated rings. The maximum Gasteiger partial charge on any atom is 0.251 e. The molecule has 39 heavy (non-hydrogen) atoms. The Kier molecular flexibility index (Phi) is 8.45. The first-order valence-corrected chi connectivity index (χ1v) is 14.6. The van der Waals surface area contributed by atoms with Crippen LogP contribution < -0.4 is 16.0 Å². The Morgan fingerprint density at radius 3 is 2.44 bits per heavy atom. The van der Waals surface area contributed by atoms with Crippen LogP contribution in [-0.2, 0) is 23.8 Å². The highest BCUT2D eigenvalue weighted by molar-refractivity contribution is 5.99. The quantitative estimate of drug-likeness (QED) is 0.410. The van der Waals surface area contributed by atoms with Gasteiger partial charge in [0.1, 0.15) is 23.1 Å². The largest absolute Gasteiger partial charge is 0.507 e. The van der Waals surface area contributed by atoms with E-state index in [1.54, 1.807) is 0 Å². The predicted molar refractivity (Wildman–Crippen MR) is 158 cm³/mol. The standard InChI is InChI=1S/C31H48N6O2/c1-9-10-13-23-36-25-26(24-22(12-11-14-33-24)35-28(25)32-8)37(23)16-15-34-29(39)19-17-20(30(2,3)4)27(38)21(18-19)31(5,6)7/h17-18,22,24,33,38H,9-16H2,1-8H3,(H,32,35)(H,34,39). The summed E-state index contributed by atoms with van der Waals surface area (Å²) in [5, 5.41) is 21.5. The molecule has 3 heterocycles. The number of nitrogens with zero attached hydrogens (tertiary/aromatic N) is 3. The maximum atomic E-state index is 13.5. The fourth-order valence-electron chi connectivity index (χ4n) is 5.82. The van der Waals surface area contributed by atoms with Gasteiger partial charge in [0.15, 0.2) is 0 Å². The number of hydrogen-bond donors (Lipinski definition) is 4. The third-order valence-corrected chi connectivity index (χ3v) is 7.97. The number of carbonyl (C=O) groups is 1. The van der Waals surface area contributed by atoms with Crippen molar-refractivity contribution in [3.05, 3.63) is 46.0 Å². The summed E-state index contributed by atoms with van der Waals surface area (Å²) in [6, 6.07) is 4.16. The number of carbonyl (C=O) groups excluding carboxylic acids is 1. The smallest absolute Gasteiger partial charge is 0.251 e. The van der Waals surface area contributed by atoms with Crippen LogP contribution in [0, 0.1) is 0 Å². The number of aliphatic imine (C=N–C) groups is 1. The minimum Gasteiger partial charge on any atom is -0.507 e. The Hall–Kier alpha value is -2.87. The van der Waals surface area contributed by atoms with E-state index in [1.807, 2.05) is 19.2 Å². The lowest BCUT2D eigenvalue weighted by Gasteiger charge is -2.38. The van der Waals surface area contributed by atoms with Crippen molar-refractivity contribution in [2.24, 2.45) is 4.99 Å². The molecule has 1 aromatic carbocycles. The molecule has 0 spiro atoms. The average molecular weight is 537 g/mol. The third kappa shape index (κ3) is 6.01. The number of aryl methyl sites for hydroxylation is 1. The van der Waals surface area contributed by atoms with E-state index in [0.29, 0.717) is 18.7 Å². The van der Waals surface area contributed by atoms with Crippen LogP contribution in [0.4, 0.5) is 0 Å². The topological polar surface area (TPSA) is 104 Å². The van der Waals surface area contributed by atoms with Gasteiger partial charge >= 0.3 is 0 Å². The molecule has 1 aromatic heterocycles. The molecule has 2 atom stereocenters. The number of amides is 1. The number of benzene rings is 1. The van der Waals surface area contributed by atoms with Gasteiger partial charge in [-0.1, -0.05) is 54.9 Å². The third-order valence-electron chi connectivity index (χ3n) is 7.97. The monoisotopic (exact) mass is 536 g/mol. The van der Waals surface area contributed by atoms with Crippen LogP contribution in [0.2, 0.25) is 0 Å². The second kappa shape index (κ2) is 11.3. The van der Waals surface area contributed by atoms with E-state index >= 15 is 0 Å². The number of amidine groups is 1. The number of unbranched alkanes of at least 4 members (excludes halogenated alkanes) is 1. The molecule has 8 nitrogen and oxygen atoms in total. The van der Waals surface area contributed by atoms with Crippen molar-refractivity contribution in [2.45, 2.75) is 110 Å². The summed E-state index contributed by atoms with van der Waals surface area (Å²) in [5.41, 5.74) is 3.71. The van der Waals surface area contributed by atoms with Crippen molar-refractivity contribution < 1.29 is 9.90 Å². The molecular weight excluding hydrogens is 488 g/mol. The van der Waals surface area contributed by atoms with Crippen LogP contribution >= 0.6 is 0 Å². The summed E-state index contributed by atoms with van der Waals surface area (Å²) in [6.45, 7) is 16.7. The highest BCUT2D eigenvalue weighted by Gasteiger charge is 2.38. The highest BCUT2D eigenvalue weighted by atomic mass is 16.3. The predicted octanol–water partition coefficient (Wildman–Crippen LogP) is 4.73. The van der Waals surface area contributed by atoms with Gasteiger partial charge in [0.25, 0.3) is 5.91 Å². The molecule has 4 rings (SSSR count). The number of hydrogen-bond acceptors (Lipinski definition) is 5. The molecule has 0 radical (unpaired) electrons. The summed E-state index contributed by atoms with van der Waals surface area (Å²) in [7, 11) is 1.82. The van der Waals surface area contributed by atoms with Gasteiger partial charge in [-0.25, -0.2) is 4.98 Å². The first kappa shape index (κ1) is 29.1. The zero-order valence-electron chi connectivity index (χ0n) is 25.2. The number of aromatic nitrogens is 2. The normalized spacial score (nSPS) is 20.4. The number of aromatic hydroxyl groups is 1. The van der Waals surface area contributed by atoms with Gasteiger partial charge in [-0.2, -0.15) is 0 Å². The molecule has 0 bridgehead atoms. The molecule has 2 aliphatic heterocycles. The fourth-order valence-corrected chi connectivity index (χ4v) is 5.82. The van der Waals surface area contributed by atoms with Gasteiger partial charge in [-0.05, 0) is 48.8 Å². The Morgan fingerprint density at radius 2 is 1.85 bits per heavy atom. The molecule has 4 N–H and O–H groups in total.